The lowest BCUT2D eigenvalue weighted by atomic mass is 9.85. The van der Waals surface area contributed by atoms with Crippen LogP contribution in [0.1, 0.15) is 27.2 Å². The van der Waals surface area contributed by atoms with Gasteiger partial charge in [-0.3, -0.25) is 0 Å². The number of hydrogen-bond donors (Lipinski definition) is 1. The summed E-state index contributed by atoms with van der Waals surface area (Å²) in [5.74, 6) is 0. The van der Waals surface area contributed by atoms with Crippen molar-refractivity contribution < 1.29 is 0 Å². The van der Waals surface area contributed by atoms with E-state index >= 15 is 0 Å². The first-order valence-corrected chi connectivity index (χ1v) is 3.56. The number of nitrogens with zero attached hydrogens (tertiary/aromatic N) is 1. The molecule has 1 unspecified atom stereocenters. The number of nitrogens with one attached hydrogen (secondary N) is 1. The molecule has 2 nitrogen and oxygen atoms in total. The van der Waals surface area contributed by atoms with Gasteiger partial charge in [-0.25, -0.2) is 0 Å². The molecule has 0 rings (SSSR count). The largest absolute Gasteiger partial charge is 0.315 e. The van der Waals surface area contributed by atoms with Gasteiger partial charge in [-0.15, -0.1) is 0 Å². The Kier molecular flexibility index (Phi) is 3.38. The highest BCUT2D eigenvalue weighted by atomic mass is 14.9. The van der Waals surface area contributed by atoms with Crippen LogP contribution in [0.4, 0.5) is 0 Å². The molecule has 0 aliphatic heterocycles. The molecular formula is C8H16N2. The smallest absolute Gasteiger partial charge is 0.0638 e. The van der Waals surface area contributed by atoms with E-state index in [1.807, 2.05) is 7.05 Å². The second-order valence-corrected chi connectivity index (χ2v) is 3.57. The van der Waals surface area contributed by atoms with Gasteiger partial charge in [0.1, 0.15) is 0 Å². The molecule has 1 atom stereocenters. The average molecular weight is 140 g/mol. The van der Waals surface area contributed by atoms with Crippen molar-refractivity contribution in [1.29, 1.82) is 5.26 Å². The Bertz CT molecular complexity index is 127. The number of rotatable bonds is 2. The average Bonchev–Trinajstić information content (AvgIpc) is 1.80. The van der Waals surface area contributed by atoms with E-state index in [1.54, 1.807) is 0 Å². The molecule has 0 saturated heterocycles. The van der Waals surface area contributed by atoms with Crippen molar-refractivity contribution >= 4 is 0 Å². The second-order valence-electron chi connectivity index (χ2n) is 3.57. The van der Waals surface area contributed by atoms with E-state index in [4.69, 9.17) is 5.26 Å². The zero-order valence-corrected chi connectivity index (χ0v) is 7.23. The zero-order chi connectivity index (χ0) is 8.20. The summed E-state index contributed by atoms with van der Waals surface area (Å²) in [6.07, 6.45) is 0.583. The Balaban J connectivity index is 3.97. The molecule has 0 saturated carbocycles. The highest BCUT2D eigenvalue weighted by Crippen LogP contribution is 2.20. The summed E-state index contributed by atoms with van der Waals surface area (Å²) in [4.78, 5) is 0. The van der Waals surface area contributed by atoms with Gasteiger partial charge in [0.2, 0.25) is 0 Å². The van der Waals surface area contributed by atoms with Crippen LogP contribution in [0.15, 0.2) is 0 Å². The molecule has 0 aliphatic rings. The Morgan fingerprint density at radius 3 is 2.10 bits per heavy atom. The number of nitriles is 1. The fourth-order valence-corrected chi connectivity index (χ4v) is 0.933. The molecule has 1 N–H and O–H groups in total. The first kappa shape index (κ1) is 9.45. The standard InChI is InChI=1S/C8H16N2/c1-8(2,3)7(10-4)5-6-9/h7,10H,5H2,1-4H3. The molecular weight excluding hydrogens is 124 g/mol. The summed E-state index contributed by atoms with van der Waals surface area (Å²) in [5.41, 5.74) is 0.185. The summed E-state index contributed by atoms with van der Waals surface area (Å²) < 4.78 is 0. The normalized spacial score (nSPS) is 14.3. The van der Waals surface area contributed by atoms with Gasteiger partial charge in [-0.1, -0.05) is 20.8 Å². The van der Waals surface area contributed by atoms with Gasteiger partial charge < -0.3 is 5.32 Å². The van der Waals surface area contributed by atoms with Crippen LogP contribution in [0, 0.1) is 16.7 Å². The van der Waals surface area contributed by atoms with E-state index < -0.39 is 0 Å². The van der Waals surface area contributed by atoms with Crippen LogP contribution in [0.3, 0.4) is 0 Å². The van der Waals surface area contributed by atoms with Crippen LogP contribution < -0.4 is 5.32 Å². The highest BCUT2D eigenvalue weighted by molar-refractivity contribution is 4.87. The molecule has 2 heteroatoms. The monoisotopic (exact) mass is 140 g/mol. The molecule has 58 valence electrons. The zero-order valence-electron chi connectivity index (χ0n) is 7.23. The summed E-state index contributed by atoms with van der Waals surface area (Å²) in [6.45, 7) is 6.39. The minimum atomic E-state index is 0.185. The number of hydrogen-bond acceptors (Lipinski definition) is 2. The van der Waals surface area contributed by atoms with Gasteiger partial charge in [-0.05, 0) is 12.5 Å². The SMILES string of the molecule is CNC(CC#N)C(C)(C)C. The van der Waals surface area contributed by atoms with Crippen molar-refractivity contribution in [2.45, 2.75) is 33.2 Å². The van der Waals surface area contributed by atoms with Gasteiger partial charge in [0.15, 0.2) is 0 Å². The Labute approximate surface area is 63.2 Å². The Morgan fingerprint density at radius 1 is 1.50 bits per heavy atom. The molecule has 0 aliphatic carbocycles. The van der Waals surface area contributed by atoms with Crippen LogP contribution in [0.25, 0.3) is 0 Å². The first-order valence-electron chi connectivity index (χ1n) is 3.56. The van der Waals surface area contributed by atoms with Gasteiger partial charge in [-0.2, -0.15) is 5.26 Å². The van der Waals surface area contributed by atoms with E-state index in [-0.39, 0.29) is 5.41 Å². The predicted octanol–water partition coefficient (Wildman–Crippen LogP) is 1.53. The molecule has 0 fully saturated rings. The van der Waals surface area contributed by atoms with Crippen LogP contribution in [0.2, 0.25) is 0 Å². The maximum absolute atomic E-state index is 8.44. The fourth-order valence-electron chi connectivity index (χ4n) is 0.933. The molecule has 0 spiro atoms. The molecule has 0 bridgehead atoms. The third kappa shape index (κ3) is 2.84. The van der Waals surface area contributed by atoms with E-state index in [2.05, 4.69) is 32.2 Å². The topological polar surface area (TPSA) is 35.8 Å². The maximum atomic E-state index is 8.44. The van der Waals surface area contributed by atoms with Crippen LogP contribution in [-0.2, 0) is 0 Å². The quantitative estimate of drug-likeness (QED) is 0.631. The van der Waals surface area contributed by atoms with Gasteiger partial charge in [0, 0.05) is 6.04 Å². The van der Waals surface area contributed by atoms with Crippen molar-refractivity contribution in [3.63, 3.8) is 0 Å². The van der Waals surface area contributed by atoms with Crippen molar-refractivity contribution in [1.82, 2.24) is 5.32 Å². The molecule has 0 heterocycles. The van der Waals surface area contributed by atoms with E-state index in [0.717, 1.165) is 0 Å². The van der Waals surface area contributed by atoms with E-state index in [1.165, 1.54) is 0 Å². The van der Waals surface area contributed by atoms with E-state index in [9.17, 15) is 0 Å². The minimum absolute atomic E-state index is 0.185. The second kappa shape index (κ2) is 3.58. The molecule has 0 radical (unpaired) electrons. The molecule has 0 aromatic rings. The van der Waals surface area contributed by atoms with Crippen molar-refractivity contribution in [3.05, 3.63) is 0 Å². The lowest BCUT2D eigenvalue weighted by Gasteiger charge is -2.28. The van der Waals surface area contributed by atoms with Crippen LogP contribution in [-0.4, -0.2) is 13.1 Å². The highest BCUT2D eigenvalue weighted by Gasteiger charge is 2.21. The third-order valence-corrected chi connectivity index (χ3v) is 1.69. The van der Waals surface area contributed by atoms with Crippen molar-refractivity contribution in [2.24, 2.45) is 5.41 Å². The molecule has 0 aromatic heterocycles. The summed E-state index contributed by atoms with van der Waals surface area (Å²) in [7, 11) is 1.90. The first-order chi connectivity index (χ1) is 4.52. The van der Waals surface area contributed by atoms with Crippen molar-refractivity contribution in [2.75, 3.05) is 7.05 Å². The predicted molar refractivity (Wildman–Crippen MR) is 42.5 cm³/mol. The van der Waals surface area contributed by atoms with Gasteiger partial charge >= 0.3 is 0 Å². The molecule has 10 heavy (non-hydrogen) atoms. The third-order valence-electron chi connectivity index (χ3n) is 1.69. The fraction of sp³-hybridized carbons (Fsp3) is 0.875. The van der Waals surface area contributed by atoms with Gasteiger partial charge in [0.05, 0.1) is 12.5 Å². The summed E-state index contributed by atoms with van der Waals surface area (Å²) >= 11 is 0. The summed E-state index contributed by atoms with van der Waals surface area (Å²) in [5, 5.41) is 11.6. The lowest BCUT2D eigenvalue weighted by Crippen LogP contribution is -2.37. The Morgan fingerprint density at radius 2 is 2.00 bits per heavy atom. The van der Waals surface area contributed by atoms with Gasteiger partial charge in [0.25, 0.3) is 0 Å². The van der Waals surface area contributed by atoms with E-state index in [0.29, 0.717) is 12.5 Å². The summed E-state index contributed by atoms with van der Waals surface area (Å²) in [6, 6.07) is 2.47. The minimum Gasteiger partial charge on any atom is -0.315 e. The van der Waals surface area contributed by atoms with Crippen LogP contribution >= 0.6 is 0 Å². The Hall–Kier alpha value is -0.550. The lowest BCUT2D eigenvalue weighted by molar-refractivity contribution is 0.285. The van der Waals surface area contributed by atoms with Crippen LogP contribution in [0.5, 0.6) is 0 Å². The van der Waals surface area contributed by atoms with Crippen molar-refractivity contribution in [3.8, 4) is 6.07 Å². The molecule has 0 amide bonds. The molecule has 0 aromatic carbocycles. The maximum Gasteiger partial charge on any atom is 0.0638 e.